The summed E-state index contributed by atoms with van der Waals surface area (Å²) in [6, 6.07) is 26.9. The number of nitrogens with zero attached hydrogens (tertiary/aromatic N) is 1. The summed E-state index contributed by atoms with van der Waals surface area (Å²) in [7, 11) is -3.82. The third kappa shape index (κ3) is 4.93. The Morgan fingerprint density at radius 3 is 1.94 bits per heavy atom. The van der Waals surface area contributed by atoms with Crippen LogP contribution in [0.5, 0.6) is 0 Å². The van der Waals surface area contributed by atoms with Crippen LogP contribution >= 0.6 is 0 Å². The number of rotatable bonds is 8. The minimum absolute atomic E-state index is 0.00783. The molecule has 0 aliphatic carbocycles. The summed E-state index contributed by atoms with van der Waals surface area (Å²) in [5, 5.41) is 0. The van der Waals surface area contributed by atoms with Gasteiger partial charge in [0.05, 0.1) is 4.90 Å². The first-order valence-corrected chi connectivity index (χ1v) is 12.9. The second-order valence-corrected chi connectivity index (χ2v) is 10.9. The summed E-state index contributed by atoms with van der Waals surface area (Å²) >= 11 is 0. The lowest BCUT2D eigenvalue weighted by molar-refractivity contribution is 0.0836. The number of sulfone groups is 1. The highest BCUT2D eigenvalue weighted by molar-refractivity contribution is 7.92. The van der Waals surface area contributed by atoms with E-state index in [4.69, 9.17) is 5.73 Å². The molecule has 1 fully saturated rings. The Bertz CT molecular complexity index is 1160. The molecule has 4 rings (SSSR count). The molecule has 0 aromatic heterocycles. The fourth-order valence-electron chi connectivity index (χ4n) is 4.55. The highest BCUT2D eigenvalue weighted by atomic mass is 32.2. The molecule has 1 heterocycles. The number of likely N-dealkylation sites (tertiary alicyclic amines) is 1. The van der Waals surface area contributed by atoms with E-state index in [9.17, 15) is 13.2 Å². The first-order valence-electron chi connectivity index (χ1n) is 11.4. The van der Waals surface area contributed by atoms with Crippen molar-refractivity contribution in [2.75, 3.05) is 19.6 Å². The Labute approximate surface area is 196 Å². The molecule has 0 amide bonds. The molecule has 1 saturated heterocycles. The topological polar surface area (TPSA) is 80.5 Å². The Hall–Kier alpha value is -2.80. The Balaban J connectivity index is 1.47. The summed E-state index contributed by atoms with van der Waals surface area (Å²) < 4.78 is 27.3. The SMILES string of the molecule is NC(CCN1CCC(C(=O)c2ccccc2)CC1)(c1ccccc1)S(=O)(=O)c1ccccc1. The van der Waals surface area contributed by atoms with Crippen molar-refractivity contribution in [1.29, 1.82) is 0 Å². The quantitative estimate of drug-likeness (QED) is 0.506. The van der Waals surface area contributed by atoms with E-state index in [1.165, 1.54) is 0 Å². The zero-order chi connectivity index (χ0) is 23.3. The van der Waals surface area contributed by atoms with E-state index in [0.717, 1.165) is 31.5 Å². The number of ketones is 1. The van der Waals surface area contributed by atoms with Gasteiger partial charge in [0.2, 0.25) is 9.84 Å². The van der Waals surface area contributed by atoms with Gasteiger partial charge in [-0.1, -0.05) is 78.9 Å². The molecule has 1 aliphatic heterocycles. The summed E-state index contributed by atoms with van der Waals surface area (Å²) in [6.45, 7) is 2.04. The average molecular weight is 463 g/mol. The molecule has 3 aromatic rings. The van der Waals surface area contributed by atoms with E-state index in [1.54, 1.807) is 42.5 Å². The molecule has 0 bridgehead atoms. The van der Waals surface area contributed by atoms with Gasteiger partial charge in [0, 0.05) is 18.0 Å². The van der Waals surface area contributed by atoms with Gasteiger partial charge in [-0.3, -0.25) is 4.79 Å². The normalized spacial score (nSPS) is 17.4. The lowest BCUT2D eigenvalue weighted by Crippen LogP contribution is -2.48. The summed E-state index contributed by atoms with van der Waals surface area (Å²) in [5.74, 6) is 0.202. The third-order valence-corrected chi connectivity index (χ3v) is 8.90. The fourth-order valence-corrected chi connectivity index (χ4v) is 6.29. The average Bonchev–Trinajstić information content (AvgIpc) is 2.88. The molecule has 3 aromatic carbocycles. The molecular weight excluding hydrogens is 432 g/mol. The largest absolute Gasteiger partial charge is 0.308 e. The second kappa shape index (κ2) is 10.00. The molecule has 1 unspecified atom stereocenters. The van der Waals surface area contributed by atoms with Crippen LogP contribution in [0.1, 0.15) is 35.2 Å². The molecule has 0 spiro atoms. The van der Waals surface area contributed by atoms with Crippen LogP contribution in [0.3, 0.4) is 0 Å². The number of Topliss-reactive ketones (excluding diaryl/α,β-unsaturated/α-hetero) is 1. The number of hydrogen-bond acceptors (Lipinski definition) is 5. The van der Waals surface area contributed by atoms with Gasteiger partial charge in [0.15, 0.2) is 10.7 Å². The monoisotopic (exact) mass is 462 g/mol. The van der Waals surface area contributed by atoms with Crippen molar-refractivity contribution in [1.82, 2.24) is 4.90 Å². The van der Waals surface area contributed by atoms with E-state index < -0.39 is 14.7 Å². The van der Waals surface area contributed by atoms with Gasteiger partial charge in [0.1, 0.15) is 0 Å². The third-order valence-electron chi connectivity index (χ3n) is 6.61. The van der Waals surface area contributed by atoms with Crippen LogP contribution in [-0.4, -0.2) is 38.7 Å². The molecule has 0 saturated carbocycles. The number of carbonyl (C=O) groups is 1. The van der Waals surface area contributed by atoms with E-state index in [2.05, 4.69) is 4.90 Å². The number of nitrogens with two attached hydrogens (primary N) is 1. The Kier molecular flexibility index (Phi) is 7.08. The van der Waals surface area contributed by atoms with Crippen LogP contribution in [0, 0.1) is 5.92 Å². The summed E-state index contributed by atoms with van der Waals surface area (Å²) in [6.07, 6.45) is 1.80. The van der Waals surface area contributed by atoms with Gasteiger partial charge in [-0.25, -0.2) is 8.42 Å². The van der Waals surface area contributed by atoms with Crippen molar-refractivity contribution < 1.29 is 13.2 Å². The van der Waals surface area contributed by atoms with Crippen LogP contribution in [0.4, 0.5) is 0 Å². The molecule has 5 nitrogen and oxygen atoms in total. The first kappa shape index (κ1) is 23.4. The number of piperidine rings is 1. The van der Waals surface area contributed by atoms with Gasteiger partial charge in [-0.15, -0.1) is 0 Å². The maximum absolute atomic E-state index is 13.6. The lowest BCUT2D eigenvalue weighted by Gasteiger charge is -2.35. The van der Waals surface area contributed by atoms with Crippen LogP contribution in [0.15, 0.2) is 95.9 Å². The molecule has 172 valence electrons. The lowest BCUT2D eigenvalue weighted by atomic mass is 9.88. The summed E-state index contributed by atoms with van der Waals surface area (Å²) in [4.78, 5) is 13.7. The van der Waals surface area contributed by atoms with Crippen LogP contribution in [-0.2, 0) is 14.7 Å². The molecule has 2 N–H and O–H groups in total. The minimum Gasteiger partial charge on any atom is -0.308 e. The maximum Gasteiger partial charge on any atom is 0.201 e. The number of benzene rings is 3. The van der Waals surface area contributed by atoms with Crippen molar-refractivity contribution >= 4 is 15.6 Å². The van der Waals surface area contributed by atoms with Crippen molar-refractivity contribution in [3.63, 3.8) is 0 Å². The van der Waals surface area contributed by atoms with Gasteiger partial charge in [-0.05, 0) is 50.0 Å². The first-order chi connectivity index (χ1) is 15.9. The zero-order valence-electron chi connectivity index (χ0n) is 18.6. The molecule has 1 aliphatic rings. The van der Waals surface area contributed by atoms with E-state index in [0.29, 0.717) is 12.1 Å². The van der Waals surface area contributed by atoms with Gasteiger partial charge in [0.25, 0.3) is 0 Å². The Morgan fingerprint density at radius 1 is 0.848 bits per heavy atom. The van der Waals surface area contributed by atoms with Gasteiger partial charge >= 0.3 is 0 Å². The van der Waals surface area contributed by atoms with Crippen LogP contribution in [0.2, 0.25) is 0 Å². The fraction of sp³-hybridized carbons (Fsp3) is 0.296. The maximum atomic E-state index is 13.6. The van der Waals surface area contributed by atoms with Crippen molar-refractivity contribution in [3.05, 3.63) is 102 Å². The molecule has 0 radical (unpaired) electrons. The molecule has 6 heteroatoms. The van der Waals surface area contributed by atoms with E-state index in [1.807, 2.05) is 48.5 Å². The van der Waals surface area contributed by atoms with Crippen molar-refractivity contribution in [3.8, 4) is 0 Å². The van der Waals surface area contributed by atoms with Gasteiger partial charge < -0.3 is 10.6 Å². The number of carbonyl (C=O) groups excluding carboxylic acids is 1. The highest BCUT2D eigenvalue weighted by Gasteiger charge is 2.43. The number of hydrogen-bond donors (Lipinski definition) is 1. The highest BCUT2D eigenvalue weighted by Crippen LogP contribution is 2.34. The molecule has 33 heavy (non-hydrogen) atoms. The van der Waals surface area contributed by atoms with Crippen molar-refractivity contribution in [2.45, 2.75) is 29.0 Å². The minimum atomic E-state index is -3.82. The van der Waals surface area contributed by atoms with E-state index >= 15 is 0 Å². The van der Waals surface area contributed by atoms with Crippen LogP contribution in [0.25, 0.3) is 0 Å². The molecule has 1 atom stereocenters. The van der Waals surface area contributed by atoms with Gasteiger partial charge in [-0.2, -0.15) is 0 Å². The van der Waals surface area contributed by atoms with E-state index in [-0.39, 0.29) is 23.0 Å². The standard InChI is InChI=1S/C27H30N2O3S/c28-27(24-12-6-2-7-13-24,33(31,32)25-14-8-3-9-15-25)18-21-29-19-16-23(17-20-29)26(30)22-10-4-1-5-11-22/h1-15,23H,16-21,28H2. The van der Waals surface area contributed by atoms with Crippen LogP contribution < -0.4 is 5.73 Å². The second-order valence-electron chi connectivity index (χ2n) is 8.67. The van der Waals surface area contributed by atoms with Crippen molar-refractivity contribution in [2.24, 2.45) is 11.7 Å². The Morgan fingerprint density at radius 2 is 1.36 bits per heavy atom. The molecular formula is C27H30N2O3S. The predicted octanol–water partition coefficient (Wildman–Crippen LogP) is 4.26. The summed E-state index contributed by atoms with van der Waals surface area (Å²) in [5.41, 5.74) is 8.07. The zero-order valence-corrected chi connectivity index (χ0v) is 19.5. The smallest absolute Gasteiger partial charge is 0.201 e. The predicted molar refractivity (Wildman–Crippen MR) is 130 cm³/mol.